The molecule has 7 aromatic carbocycles. The van der Waals surface area contributed by atoms with Gasteiger partial charge in [-0.25, -0.2) is 9.97 Å². The van der Waals surface area contributed by atoms with E-state index in [2.05, 4.69) is 152 Å². The normalized spacial score (nSPS) is 13.5. The molecule has 0 aliphatic carbocycles. The smallest absolute Gasteiger partial charge is 0.160 e. The lowest BCUT2D eigenvalue weighted by Crippen LogP contribution is -2.26. The molecule has 0 radical (unpaired) electrons. The second-order valence-electron chi connectivity index (χ2n) is 14.9. The Hall–Kier alpha value is -6.56. The van der Waals surface area contributed by atoms with Crippen molar-refractivity contribution < 1.29 is 4.42 Å². The van der Waals surface area contributed by atoms with Crippen LogP contribution in [0, 0.1) is 0 Å². The van der Waals surface area contributed by atoms with Crippen LogP contribution in [0.25, 0.3) is 104 Å². The Labute approximate surface area is 314 Å². The Morgan fingerprint density at radius 3 is 2.17 bits per heavy atom. The summed E-state index contributed by atoms with van der Waals surface area (Å²) in [7, 11) is 0. The van der Waals surface area contributed by atoms with Crippen molar-refractivity contribution >= 4 is 75.4 Å². The van der Waals surface area contributed by atoms with Crippen molar-refractivity contribution in [3.05, 3.63) is 163 Å². The summed E-state index contributed by atoms with van der Waals surface area (Å²) in [5.41, 5.74) is 14.1. The van der Waals surface area contributed by atoms with Crippen LogP contribution in [0.2, 0.25) is 0 Å². The van der Waals surface area contributed by atoms with Crippen molar-refractivity contribution in [2.45, 2.75) is 19.3 Å². The molecule has 0 saturated carbocycles. The number of hydrogen-bond donors (Lipinski definition) is 0. The minimum Gasteiger partial charge on any atom is -0.455 e. The summed E-state index contributed by atoms with van der Waals surface area (Å²) in [5.74, 6) is 0.684. The average molecular weight is 710 g/mol. The number of thiophene rings is 1. The standard InChI is InChI=1S/C49H31N3OS/c1-49(2)37-22-11-18-30(43(37)52-44-36(21-12-23-38(44)49)47-45(52)34-17-5-8-26-41(34)54-47)28-13-9-14-29(27-28)48-50-39-24-6-3-16-33(39)42(51-48)35-20-10-19-32-31-15-4-7-25-40(31)53-46(32)35/h3-27H,1-2H3. The van der Waals surface area contributed by atoms with Crippen LogP contribution in [0.15, 0.2) is 156 Å². The number of benzene rings is 7. The van der Waals surface area contributed by atoms with Gasteiger partial charge in [-0.15, -0.1) is 11.3 Å². The molecule has 4 aromatic heterocycles. The van der Waals surface area contributed by atoms with E-state index in [0.717, 1.165) is 55.2 Å². The molecule has 5 heteroatoms. The number of aromatic nitrogens is 3. The van der Waals surface area contributed by atoms with Crippen LogP contribution in [-0.2, 0) is 5.41 Å². The molecule has 254 valence electrons. The molecular formula is C49H31N3OS. The van der Waals surface area contributed by atoms with Crippen molar-refractivity contribution in [2.24, 2.45) is 0 Å². The third kappa shape index (κ3) is 3.97. The second kappa shape index (κ2) is 10.8. The highest BCUT2D eigenvalue weighted by Crippen LogP contribution is 2.53. The molecular weight excluding hydrogens is 679 g/mol. The predicted octanol–water partition coefficient (Wildman–Crippen LogP) is 13.5. The molecule has 0 saturated heterocycles. The zero-order chi connectivity index (χ0) is 35.7. The molecule has 0 N–H and O–H groups in total. The molecule has 0 bridgehead atoms. The highest BCUT2D eigenvalue weighted by atomic mass is 32.1. The van der Waals surface area contributed by atoms with Gasteiger partial charge in [0.15, 0.2) is 5.82 Å². The second-order valence-corrected chi connectivity index (χ2v) is 16.0. The monoisotopic (exact) mass is 709 g/mol. The fourth-order valence-electron chi connectivity index (χ4n) is 9.08. The predicted molar refractivity (Wildman–Crippen MR) is 225 cm³/mol. The van der Waals surface area contributed by atoms with Crippen LogP contribution in [0.4, 0.5) is 0 Å². The summed E-state index contributed by atoms with van der Waals surface area (Å²) in [4.78, 5) is 10.5. The van der Waals surface area contributed by atoms with Crippen LogP contribution >= 0.6 is 11.3 Å². The molecule has 0 fully saturated rings. The number of fused-ring (bicyclic) bond motifs is 11. The molecule has 5 heterocycles. The van der Waals surface area contributed by atoms with E-state index in [9.17, 15) is 0 Å². The fraction of sp³-hybridized carbons (Fsp3) is 0.0612. The van der Waals surface area contributed by atoms with Gasteiger partial charge in [-0.2, -0.15) is 0 Å². The summed E-state index contributed by atoms with van der Waals surface area (Å²) in [6.07, 6.45) is 0. The summed E-state index contributed by atoms with van der Waals surface area (Å²) < 4.78 is 11.7. The zero-order valence-electron chi connectivity index (χ0n) is 29.6. The van der Waals surface area contributed by atoms with Gasteiger partial charge in [0.25, 0.3) is 0 Å². The van der Waals surface area contributed by atoms with Gasteiger partial charge in [-0.1, -0.05) is 135 Å². The number of furan rings is 1. The van der Waals surface area contributed by atoms with Crippen LogP contribution < -0.4 is 0 Å². The van der Waals surface area contributed by atoms with Crippen molar-refractivity contribution in [3.63, 3.8) is 0 Å². The van der Waals surface area contributed by atoms with Gasteiger partial charge in [0.05, 0.1) is 32.6 Å². The van der Waals surface area contributed by atoms with Gasteiger partial charge in [-0.05, 0) is 47.0 Å². The van der Waals surface area contributed by atoms with Crippen molar-refractivity contribution in [1.82, 2.24) is 14.5 Å². The largest absolute Gasteiger partial charge is 0.455 e. The van der Waals surface area contributed by atoms with Gasteiger partial charge < -0.3 is 8.98 Å². The molecule has 0 atom stereocenters. The maximum Gasteiger partial charge on any atom is 0.160 e. The lowest BCUT2D eigenvalue weighted by atomic mass is 9.73. The van der Waals surface area contributed by atoms with Crippen molar-refractivity contribution in [1.29, 1.82) is 0 Å². The lowest BCUT2D eigenvalue weighted by molar-refractivity contribution is 0.631. The van der Waals surface area contributed by atoms with Gasteiger partial charge in [0.1, 0.15) is 11.2 Å². The van der Waals surface area contributed by atoms with Crippen LogP contribution in [0.3, 0.4) is 0 Å². The van der Waals surface area contributed by atoms with E-state index in [4.69, 9.17) is 14.4 Å². The SMILES string of the molecule is CC1(C)c2cccc(-c3cccc(-c4nc(-c5cccc6c5oc5ccccc56)c5ccccc5n4)c3)c2-n2c3c1cccc3c1sc3ccccc3c12. The summed E-state index contributed by atoms with van der Waals surface area (Å²) >= 11 is 1.90. The first-order chi connectivity index (χ1) is 26.5. The Bertz CT molecular complexity index is 3380. The first-order valence-corrected chi connectivity index (χ1v) is 19.2. The Morgan fingerprint density at radius 1 is 0.556 bits per heavy atom. The minimum absolute atomic E-state index is 0.192. The first-order valence-electron chi connectivity index (χ1n) is 18.4. The first kappa shape index (κ1) is 30.0. The molecule has 0 amide bonds. The van der Waals surface area contributed by atoms with Gasteiger partial charge in [0.2, 0.25) is 0 Å². The molecule has 4 nitrogen and oxygen atoms in total. The third-order valence-electron chi connectivity index (χ3n) is 11.6. The fourth-order valence-corrected chi connectivity index (χ4v) is 10.3. The molecule has 11 aromatic rings. The summed E-state index contributed by atoms with van der Waals surface area (Å²) in [6.45, 7) is 4.74. The van der Waals surface area contributed by atoms with E-state index >= 15 is 0 Å². The summed E-state index contributed by atoms with van der Waals surface area (Å²) in [6, 6.07) is 54.1. The average Bonchev–Trinajstić information content (AvgIpc) is 3.89. The number of para-hydroxylation sites is 5. The zero-order valence-corrected chi connectivity index (χ0v) is 30.4. The third-order valence-corrected chi connectivity index (χ3v) is 12.8. The van der Waals surface area contributed by atoms with Crippen molar-refractivity contribution in [2.75, 3.05) is 0 Å². The number of hydrogen-bond acceptors (Lipinski definition) is 4. The number of nitrogens with zero attached hydrogens (tertiary/aromatic N) is 3. The van der Waals surface area contributed by atoms with E-state index in [1.54, 1.807) is 0 Å². The van der Waals surface area contributed by atoms with Crippen molar-refractivity contribution in [3.8, 4) is 39.5 Å². The van der Waals surface area contributed by atoms with Crippen LogP contribution in [0.5, 0.6) is 0 Å². The van der Waals surface area contributed by atoms with Crippen LogP contribution in [-0.4, -0.2) is 14.5 Å². The Balaban J connectivity index is 1.10. The molecule has 54 heavy (non-hydrogen) atoms. The van der Waals surface area contributed by atoms with E-state index in [-0.39, 0.29) is 5.41 Å². The maximum atomic E-state index is 6.51. The number of rotatable bonds is 3. The lowest BCUT2D eigenvalue weighted by Gasteiger charge is -2.36. The molecule has 1 aliphatic heterocycles. The van der Waals surface area contributed by atoms with E-state index in [0.29, 0.717) is 5.82 Å². The van der Waals surface area contributed by atoms with E-state index in [1.807, 2.05) is 29.5 Å². The molecule has 12 rings (SSSR count). The minimum atomic E-state index is -0.192. The van der Waals surface area contributed by atoms with Gasteiger partial charge in [-0.3, -0.25) is 0 Å². The van der Waals surface area contributed by atoms with E-state index in [1.165, 1.54) is 53.6 Å². The molecule has 0 unspecified atom stereocenters. The van der Waals surface area contributed by atoms with Gasteiger partial charge >= 0.3 is 0 Å². The maximum absolute atomic E-state index is 6.51. The highest BCUT2D eigenvalue weighted by molar-refractivity contribution is 7.26. The quantitative estimate of drug-likeness (QED) is 0.183. The van der Waals surface area contributed by atoms with Gasteiger partial charge in [0, 0.05) is 53.7 Å². The Morgan fingerprint density at radius 2 is 1.24 bits per heavy atom. The highest BCUT2D eigenvalue weighted by Gasteiger charge is 2.37. The summed E-state index contributed by atoms with van der Waals surface area (Å²) in [5, 5.41) is 5.80. The Kier molecular flexibility index (Phi) is 5.96. The topological polar surface area (TPSA) is 43.9 Å². The van der Waals surface area contributed by atoms with E-state index < -0.39 is 0 Å². The molecule has 1 aliphatic rings. The van der Waals surface area contributed by atoms with Crippen LogP contribution in [0.1, 0.15) is 25.0 Å². The molecule has 0 spiro atoms.